The van der Waals surface area contributed by atoms with Crippen molar-refractivity contribution in [2.45, 2.75) is 96.5 Å². The molecule has 2 rings (SSSR count). The van der Waals surface area contributed by atoms with Gasteiger partial charge in [-0.15, -0.1) is 0 Å². The Kier molecular flexibility index (Phi) is 11.2. The number of benzene rings is 1. The van der Waals surface area contributed by atoms with E-state index < -0.39 is 4.92 Å². The fourth-order valence-corrected chi connectivity index (χ4v) is 3.55. The normalized spacial score (nSPS) is 12.7. The molecule has 0 radical (unpaired) electrons. The molecular weight excluding hydrogens is 380 g/mol. The first-order valence-electron chi connectivity index (χ1n) is 11.5. The van der Waals surface area contributed by atoms with Crippen molar-refractivity contribution in [1.29, 1.82) is 0 Å². The maximum atomic E-state index is 10.8. The standard InChI is InChI=1S/C24H36N2O4/c1-2-3-4-5-6-8-11-14-21(27)15-12-9-7-10-13-16-24-25-22-19-20(26(28)29)17-18-23(22)30-24/h6,8,17-19,21,27H,2-5,7,9-16H2,1H3/b8-6-/t21-/m0/s1. The molecular formula is C24H36N2O4. The largest absolute Gasteiger partial charge is 0.441 e. The molecule has 0 spiro atoms. The number of aryl methyl sites for hydroxylation is 1. The predicted molar refractivity (Wildman–Crippen MR) is 121 cm³/mol. The summed E-state index contributed by atoms with van der Waals surface area (Å²) in [5.74, 6) is 0.642. The molecule has 0 aliphatic carbocycles. The number of aromatic nitrogens is 1. The SMILES string of the molecule is CCCCC/C=C\CC[C@H](O)CCCCCCCc1nc2cc([N+](=O)[O-])ccc2o1. The van der Waals surface area contributed by atoms with Crippen LogP contribution in [-0.4, -0.2) is 21.1 Å². The molecule has 6 heteroatoms. The van der Waals surface area contributed by atoms with Gasteiger partial charge in [-0.1, -0.05) is 57.6 Å². The van der Waals surface area contributed by atoms with E-state index >= 15 is 0 Å². The Labute approximate surface area is 179 Å². The summed E-state index contributed by atoms with van der Waals surface area (Å²) in [6, 6.07) is 4.50. The summed E-state index contributed by atoms with van der Waals surface area (Å²) in [6.07, 6.45) is 18.1. The van der Waals surface area contributed by atoms with Gasteiger partial charge in [0.25, 0.3) is 5.69 Å². The second-order valence-electron chi connectivity index (χ2n) is 8.02. The Morgan fingerprint density at radius 2 is 1.83 bits per heavy atom. The topological polar surface area (TPSA) is 89.4 Å². The van der Waals surface area contributed by atoms with E-state index in [1.165, 1.54) is 31.4 Å². The highest BCUT2D eigenvalue weighted by Crippen LogP contribution is 2.22. The number of nitro groups is 1. The molecule has 0 aliphatic rings. The van der Waals surface area contributed by atoms with Crippen molar-refractivity contribution in [1.82, 2.24) is 4.98 Å². The summed E-state index contributed by atoms with van der Waals surface area (Å²) in [7, 11) is 0. The van der Waals surface area contributed by atoms with Gasteiger partial charge in [-0.2, -0.15) is 0 Å². The van der Waals surface area contributed by atoms with Gasteiger partial charge in [0, 0.05) is 18.6 Å². The molecule has 0 amide bonds. The third kappa shape index (κ3) is 9.08. The number of non-ortho nitro benzene ring substituents is 1. The smallest absolute Gasteiger partial charge is 0.271 e. The lowest BCUT2D eigenvalue weighted by Crippen LogP contribution is -2.05. The second kappa shape index (κ2) is 13.9. The molecule has 0 fully saturated rings. The molecule has 2 aromatic rings. The van der Waals surface area contributed by atoms with E-state index in [0.29, 0.717) is 17.0 Å². The first kappa shape index (κ1) is 24.1. The number of aliphatic hydroxyl groups is 1. The van der Waals surface area contributed by atoms with Crippen LogP contribution in [0.4, 0.5) is 5.69 Å². The Bertz CT molecular complexity index is 785. The Balaban J connectivity index is 1.51. The van der Waals surface area contributed by atoms with Crippen molar-refractivity contribution in [3.8, 4) is 0 Å². The quantitative estimate of drug-likeness (QED) is 0.139. The van der Waals surface area contributed by atoms with Crippen LogP contribution in [0, 0.1) is 10.1 Å². The molecule has 1 N–H and O–H groups in total. The number of rotatable bonds is 16. The highest BCUT2D eigenvalue weighted by molar-refractivity contribution is 5.75. The van der Waals surface area contributed by atoms with Crippen molar-refractivity contribution in [2.75, 3.05) is 0 Å². The van der Waals surface area contributed by atoms with Crippen LogP contribution in [0.1, 0.15) is 89.9 Å². The van der Waals surface area contributed by atoms with E-state index in [4.69, 9.17) is 4.42 Å². The molecule has 0 unspecified atom stereocenters. The van der Waals surface area contributed by atoms with E-state index in [0.717, 1.165) is 64.2 Å². The van der Waals surface area contributed by atoms with Crippen LogP contribution in [0.25, 0.3) is 11.1 Å². The molecule has 30 heavy (non-hydrogen) atoms. The minimum absolute atomic E-state index is 0.0348. The van der Waals surface area contributed by atoms with Gasteiger partial charge in [0.1, 0.15) is 5.52 Å². The van der Waals surface area contributed by atoms with E-state index in [-0.39, 0.29) is 11.8 Å². The average Bonchev–Trinajstić information content (AvgIpc) is 3.14. The van der Waals surface area contributed by atoms with Crippen LogP contribution in [0.5, 0.6) is 0 Å². The highest BCUT2D eigenvalue weighted by atomic mass is 16.6. The van der Waals surface area contributed by atoms with E-state index in [2.05, 4.69) is 24.1 Å². The number of nitrogens with zero attached hydrogens (tertiary/aromatic N) is 2. The van der Waals surface area contributed by atoms with E-state index in [9.17, 15) is 15.2 Å². The number of allylic oxidation sites excluding steroid dienone is 2. The lowest BCUT2D eigenvalue weighted by molar-refractivity contribution is -0.384. The molecule has 1 aromatic heterocycles. The summed E-state index contributed by atoms with van der Waals surface area (Å²) in [5.41, 5.74) is 1.18. The predicted octanol–water partition coefficient (Wildman–Crippen LogP) is 6.90. The van der Waals surface area contributed by atoms with Crippen LogP contribution >= 0.6 is 0 Å². The lowest BCUT2D eigenvalue weighted by Gasteiger charge is -2.08. The summed E-state index contributed by atoms with van der Waals surface area (Å²) in [4.78, 5) is 14.8. The number of oxazole rings is 1. The maximum absolute atomic E-state index is 10.8. The molecule has 0 aliphatic heterocycles. The van der Waals surface area contributed by atoms with Crippen molar-refractivity contribution in [3.05, 3.63) is 46.4 Å². The Morgan fingerprint density at radius 3 is 2.63 bits per heavy atom. The van der Waals surface area contributed by atoms with Crippen LogP contribution in [-0.2, 0) is 6.42 Å². The zero-order chi connectivity index (χ0) is 21.6. The third-order valence-corrected chi connectivity index (χ3v) is 5.36. The Morgan fingerprint density at radius 1 is 1.07 bits per heavy atom. The molecule has 1 aromatic carbocycles. The van der Waals surface area contributed by atoms with Gasteiger partial charge in [0.05, 0.1) is 11.0 Å². The average molecular weight is 417 g/mol. The zero-order valence-electron chi connectivity index (χ0n) is 18.2. The summed E-state index contributed by atoms with van der Waals surface area (Å²) >= 11 is 0. The van der Waals surface area contributed by atoms with Crippen LogP contribution in [0.3, 0.4) is 0 Å². The lowest BCUT2D eigenvalue weighted by atomic mass is 10.0. The first-order chi connectivity index (χ1) is 14.6. The van der Waals surface area contributed by atoms with Crippen molar-refractivity contribution >= 4 is 16.8 Å². The molecule has 166 valence electrons. The van der Waals surface area contributed by atoms with Crippen molar-refractivity contribution in [3.63, 3.8) is 0 Å². The minimum atomic E-state index is -0.421. The first-order valence-corrected chi connectivity index (χ1v) is 11.5. The van der Waals surface area contributed by atoms with Gasteiger partial charge >= 0.3 is 0 Å². The van der Waals surface area contributed by atoms with Crippen LogP contribution in [0.15, 0.2) is 34.8 Å². The molecule has 1 heterocycles. The number of aliphatic hydroxyl groups excluding tert-OH is 1. The molecule has 0 saturated heterocycles. The minimum Gasteiger partial charge on any atom is -0.441 e. The molecule has 6 nitrogen and oxygen atoms in total. The fraction of sp³-hybridized carbons (Fsp3) is 0.625. The number of nitro benzene ring substituents is 1. The van der Waals surface area contributed by atoms with Gasteiger partial charge in [0.2, 0.25) is 0 Å². The monoisotopic (exact) mass is 416 g/mol. The summed E-state index contributed by atoms with van der Waals surface area (Å²) in [6.45, 7) is 2.22. The highest BCUT2D eigenvalue weighted by Gasteiger charge is 2.11. The van der Waals surface area contributed by atoms with Crippen molar-refractivity contribution < 1.29 is 14.4 Å². The van der Waals surface area contributed by atoms with Crippen molar-refractivity contribution in [2.24, 2.45) is 0 Å². The number of hydrogen-bond donors (Lipinski definition) is 1. The number of fused-ring (bicyclic) bond motifs is 1. The van der Waals surface area contributed by atoms with Gasteiger partial charge < -0.3 is 9.52 Å². The van der Waals surface area contributed by atoms with Gasteiger partial charge in [-0.3, -0.25) is 10.1 Å². The van der Waals surface area contributed by atoms with Gasteiger partial charge in [0.15, 0.2) is 11.5 Å². The third-order valence-electron chi connectivity index (χ3n) is 5.36. The van der Waals surface area contributed by atoms with E-state index in [1.54, 1.807) is 6.07 Å². The molecule has 0 bridgehead atoms. The Hall–Kier alpha value is -2.21. The number of unbranched alkanes of at least 4 members (excludes halogenated alkanes) is 7. The summed E-state index contributed by atoms with van der Waals surface area (Å²) < 4.78 is 5.66. The molecule has 0 saturated carbocycles. The van der Waals surface area contributed by atoms with Crippen LogP contribution in [0.2, 0.25) is 0 Å². The number of hydrogen-bond acceptors (Lipinski definition) is 5. The van der Waals surface area contributed by atoms with Crippen LogP contribution < -0.4 is 0 Å². The zero-order valence-corrected chi connectivity index (χ0v) is 18.2. The van der Waals surface area contributed by atoms with E-state index in [1.807, 2.05) is 0 Å². The molecule has 1 atom stereocenters. The summed E-state index contributed by atoms with van der Waals surface area (Å²) in [5, 5.41) is 20.9. The fourth-order valence-electron chi connectivity index (χ4n) is 3.55. The second-order valence-corrected chi connectivity index (χ2v) is 8.02. The van der Waals surface area contributed by atoms with Gasteiger partial charge in [-0.05, 0) is 44.6 Å². The van der Waals surface area contributed by atoms with Gasteiger partial charge in [-0.25, -0.2) is 4.98 Å². The maximum Gasteiger partial charge on any atom is 0.271 e.